The first-order valence-corrected chi connectivity index (χ1v) is 37.8. The van der Waals surface area contributed by atoms with Gasteiger partial charge in [0.1, 0.15) is 19.8 Å². The molecule has 86 heavy (non-hydrogen) atoms. The SMILES string of the molecule is CC/C=C\C/C=C\C/C=C\C/C=C\C/C=C\C/C=C\C/C=C\CCCCCCCCCCCCCCCC(=O)OC(COC(=O)CCCCCCCCCCCCCCCCCCCCCCCCCCCCC)COP(=O)([O-])OCC[N+](C)(C)C. The zero-order valence-electron chi connectivity index (χ0n) is 57.0. The molecule has 0 fully saturated rings. The molecule has 500 valence electrons. The van der Waals surface area contributed by atoms with Crippen molar-refractivity contribution in [1.29, 1.82) is 0 Å². The fourth-order valence-corrected chi connectivity index (χ4v) is 11.1. The van der Waals surface area contributed by atoms with Crippen LogP contribution in [0.2, 0.25) is 0 Å². The van der Waals surface area contributed by atoms with Gasteiger partial charge in [-0.25, -0.2) is 0 Å². The Hall–Kier alpha value is -2.81. The smallest absolute Gasteiger partial charge is 0.306 e. The Balaban J connectivity index is 4.02. The second-order valence-corrected chi connectivity index (χ2v) is 27.0. The summed E-state index contributed by atoms with van der Waals surface area (Å²) < 4.78 is 34.4. The van der Waals surface area contributed by atoms with Gasteiger partial charge in [-0.1, -0.05) is 336 Å². The molecule has 0 aromatic carbocycles. The molecular formula is C76H138NO8P. The highest BCUT2D eigenvalue weighted by Gasteiger charge is 2.22. The molecule has 0 saturated heterocycles. The third kappa shape index (κ3) is 70.3. The maximum absolute atomic E-state index is 12.9. The van der Waals surface area contributed by atoms with Gasteiger partial charge in [-0.15, -0.1) is 0 Å². The third-order valence-electron chi connectivity index (χ3n) is 15.9. The molecule has 0 saturated carbocycles. The van der Waals surface area contributed by atoms with E-state index in [1.807, 2.05) is 21.1 Å². The number of nitrogens with zero attached hydrogens (tertiary/aromatic N) is 1. The van der Waals surface area contributed by atoms with Crippen LogP contribution in [0.4, 0.5) is 0 Å². The molecule has 0 aliphatic carbocycles. The Morgan fingerprint density at radius 2 is 0.663 bits per heavy atom. The normalized spacial score (nSPS) is 13.6. The van der Waals surface area contributed by atoms with Crippen LogP contribution < -0.4 is 4.89 Å². The summed E-state index contributed by atoms with van der Waals surface area (Å²) in [4.78, 5) is 38.1. The molecule has 0 amide bonds. The molecule has 0 radical (unpaired) electrons. The molecular weight excluding hydrogens is 1090 g/mol. The van der Waals surface area contributed by atoms with Crippen molar-refractivity contribution >= 4 is 19.8 Å². The van der Waals surface area contributed by atoms with Gasteiger partial charge in [0.15, 0.2) is 6.10 Å². The molecule has 10 heteroatoms. The molecule has 0 bridgehead atoms. The van der Waals surface area contributed by atoms with E-state index in [1.54, 1.807) is 0 Å². The number of hydrogen-bond donors (Lipinski definition) is 0. The molecule has 0 aromatic heterocycles. The van der Waals surface area contributed by atoms with E-state index in [2.05, 4.69) is 98.9 Å². The Labute approximate surface area is 532 Å². The first kappa shape index (κ1) is 83.2. The average molecular weight is 1220 g/mol. The number of carbonyl (C=O) groups excluding carboxylic acids is 2. The number of phosphoric acid groups is 1. The van der Waals surface area contributed by atoms with Gasteiger partial charge in [-0.05, 0) is 70.6 Å². The van der Waals surface area contributed by atoms with Crippen LogP contribution in [-0.4, -0.2) is 70.0 Å². The zero-order chi connectivity index (χ0) is 62.6. The maximum Gasteiger partial charge on any atom is 0.306 e. The molecule has 0 N–H and O–H groups in total. The molecule has 0 aliphatic rings. The number of quaternary nitrogens is 1. The number of unbranched alkanes of at least 4 members (excludes halogenated alkanes) is 39. The summed E-state index contributed by atoms with van der Waals surface area (Å²) in [7, 11) is 1.17. The minimum Gasteiger partial charge on any atom is -0.756 e. The van der Waals surface area contributed by atoms with Crippen molar-refractivity contribution in [3.05, 3.63) is 85.1 Å². The van der Waals surface area contributed by atoms with Crippen LogP contribution >= 0.6 is 7.82 Å². The highest BCUT2D eigenvalue weighted by Crippen LogP contribution is 2.38. The van der Waals surface area contributed by atoms with Crippen LogP contribution in [-0.2, 0) is 32.7 Å². The molecule has 9 nitrogen and oxygen atoms in total. The fraction of sp³-hybridized carbons (Fsp3) is 0.789. The Morgan fingerprint density at radius 3 is 0.988 bits per heavy atom. The summed E-state index contributed by atoms with van der Waals surface area (Å²) in [6, 6.07) is 0. The van der Waals surface area contributed by atoms with Gasteiger partial charge in [0, 0.05) is 12.8 Å². The number of esters is 2. The van der Waals surface area contributed by atoms with Crippen molar-refractivity contribution in [3.8, 4) is 0 Å². The predicted octanol–water partition coefficient (Wildman–Crippen LogP) is 23.1. The first-order valence-electron chi connectivity index (χ1n) is 36.3. The summed E-state index contributed by atoms with van der Waals surface area (Å²) in [5.41, 5.74) is 0. The highest BCUT2D eigenvalue weighted by atomic mass is 31.2. The Kier molecular flexibility index (Phi) is 64.4. The van der Waals surface area contributed by atoms with Gasteiger partial charge in [0.2, 0.25) is 0 Å². The lowest BCUT2D eigenvalue weighted by Crippen LogP contribution is -2.37. The van der Waals surface area contributed by atoms with Crippen LogP contribution in [0, 0.1) is 0 Å². The summed E-state index contributed by atoms with van der Waals surface area (Å²) >= 11 is 0. The van der Waals surface area contributed by atoms with Crippen molar-refractivity contribution in [2.24, 2.45) is 0 Å². The molecule has 2 atom stereocenters. The van der Waals surface area contributed by atoms with Gasteiger partial charge in [0.05, 0.1) is 27.7 Å². The van der Waals surface area contributed by atoms with Crippen molar-refractivity contribution in [1.82, 2.24) is 0 Å². The molecule has 0 aliphatic heterocycles. The lowest BCUT2D eigenvalue weighted by Gasteiger charge is -2.28. The van der Waals surface area contributed by atoms with Crippen molar-refractivity contribution < 1.29 is 42.1 Å². The number of ether oxygens (including phenoxy) is 2. The van der Waals surface area contributed by atoms with Crippen molar-refractivity contribution in [2.75, 3.05) is 47.5 Å². The monoisotopic (exact) mass is 1220 g/mol. The fourth-order valence-electron chi connectivity index (χ4n) is 10.4. The van der Waals surface area contributed by atoms with Crippen molar-refractivity contribution in [2.45, 2.75) is 341 Å². The Morgan fingerprint density at radius 1 is 0.372 bits per heavy atom. The number of hydrogen-bond acceptors (Lipinski definition) is 8. The van der Waals surface area contributed by atoms with Crippen molar-refractivity contribution in [3.63, 3.8) is 0 Å². The van der Waals surface area contributed by atoms with Crippen LogP contribution in [0.3, 0.4) is 0 Å². The van der Waals surface area contributed by atoms with Gasteiger partial charge in [-0.3, -0.25) is 14.2 Å². The molecule has 0 spiro atoms. The summed E-state index contributed by atoms with van der Waals surface area (Å²) in [5.74, 6) is -0.821. The molecule has 2 unspecified atom stereocenters. The van der Waals surface area contributed by atoms with E-state index in [9.17, 15) is 19.0 Å². The summed E-state index contributed by atoms with van der Waals surface area (Å²) in [6.07, 6.45) is 91.0. The maximum atomic E-state index is 12.9. The number of likely N-dealkylation sites (N-methyl/N-ethyl adjacent to an activating group) is 1. The molecule has 0 rings (SSSR count). The summed E-state index contributed by atoms with van der Waals surface area (Å²) in [5, 5.41) is 0. The van der Waals surface area contributed by atoms with Gasteiger partial charge in [-0.2, -0.15) is 0 Å². The van der Waals surface area contributed by atoms with Crippen LogP contribution in [0.15, 0.2) is 85.1 Å². The number of phosphoric ester groups is 1. The standard InChI is InChI=1S/C76H138NO8P/c1-6-8-10-12-14-16-18-20-22-24-26-28-30-32-34-35-36-37-38-39-40-41-43-45-47-49-51-53-55-57-59-61-63-65-67-69-76(79)85-74(73-84-86(80,81)83-71-70-77(3,4)5)72-82-75(78)68-66-64-62-60-58-56-54-52-50-48-46-44-42-33-31-29-27-25-23-21-19-17-15-13-11-9-7-2/h8,10,14,16,20,22,26,28,32,34,36-37,39-40,74H,6-7,9,11-13,15,17-19,21,23-25,27,29-31,33,35,38,41-73H2,1-5H3/b10-8-,16-14-,22-20-,28-26-,34-32-,37-36-,40-39-. The Bertz CT molecular complexity index is 1730. The van der Waals surface area contributed by atoms with Crippen LogP contribution in [0.5, 0.6) is 0 Å². The third-order valence-corrected chi connectivity index (χ3v) is 16.9. The van der Waals surface area contributed by atoms with Crippen LogP contribution in [0.1, 0.15) is 335 Å². The quantitative estimate of drug-likeness (QED) is 0.0195. The second kappa shape index (κ2) is 66.6. The van der Waals surface area contributed by atoms with E-state index in [0.29, 0.717) is 17.4 Å². The van der Waals surface area contributed by atoms with Gasteiger partial charge in [0.25, 0.3) is 7.82 Å². The number of carbonyl (C=O) groups is 2. The number of allylic oxidation sites excluding steroid dienone is 14. The molecule has 0 heterocycles. The lowest BCUT2D eigenvalue weighted by molar-refractivity contribution is -0.870. The van der Waals surface area contributed by atoms with E-state index >= 15 is 0 Å². The highest BCUT2D eigenvalue weighted by molar-refractivity contribution is 7.45. The van der Waals surface area contributed by atoms with E-state index < -0.39 is 26.5 Å². The first-order chi connectivity index (χ1) is 42.0. The largest absolute Gasteiger partial charge is 0.756 e. The van der Waals surface area contributed by atoms with E-state index in [-0.39, 0.29) is 32.0 Å². The van der Waals surface area contributed by atoms with Gasteiger partial charge >= 0.3 is 11.9 Å². The zero-order valence-corrected chi connectivity index (χ0v) is 57.9. The average Bonchev–Trinajstić information content (AvgIpc) is 3.56. The predicted molar refractivity (Wildman–Crippen MR) is 369 cm³/mol. The van der Waals surface area contributed by atoms with E-state index in [4.69, 9.17) is 18.5 Å². The van der Waals surface area contributed by atoms with E-state index in [1.165, 1.54) is 218 Å². The van der Waals surface area contributed by atoms with Crippen LogP contribution in [0.25, 0.3) is 0 Å². The van der Waals surface area contributed by atoms with E-state index in [0.717, 1.165) is 83.5 Å². The lowest BCUT2D eigenvalue weighted by atomic mass is 10.0. The minimum absolute atomic E-state index is 0.0316. The summed E-state index contributed by atoms with van der Waals surface area (Å²) in [6.45, 7) is 4.18. The minimum atomic E-state index is -4.64. The topological polar surface area (TPSA) is 111 Å². The molecule has 0 aromatic rings. The number of rotatable bonds is 67. The van der Waals surface area contributed by atoms with Gasteiger partial charge < -0.3 is 27.9 Å². The second-order valence-electron chi connectivity index (χ2n) is 25.6.